The lowest BCUT2D eigenvalue weighted by atomic mass is 10.1. The minimum atomic E-state index is -0.653. The fraction of sp³-hybridized carbons (Fsp3) is 0.529. The molecule has 2 aromatic rings. The van der Waals surface area contributed by atoms with Gasteiger partial charge < -0.3 is 16.0 Å². The zero-order valence-corrected chi connectivity index (χ0v) is 15.5. The first-order valence-corrected chi connectivity index (χ1v) is 8.29. The van der Waals surface area contributed by atoms with Crippen molar-refractivity contribution in [3.05, 3.63) is 18.5 Å². The Kier molecular flexibility index (Phi) is 5.30. The molecule has 8 nitrogen and oxygen atoms in total. The highest BCUT2D eigenvalue weighted by atomic mass is 16.2. The summed E-state index contributed by atoms with van der Waals surface area (Å²) >= 11 is 0. The number of carbonyl (C=O) groups excluding carboxylic acids is 2. The van der Waals surface area contributed by atoms with Gasteiger partial charge in [-0.2, -0.15) is 5.10 Å². The van der Waals surface area contributed by atoms with Crippen LogP contribution in [-0.4, -0.2) is 38.3 Å². The van der Waals surface area contributed by atoms with E-state index < -0.39 is 12.1 Å². The molecule has 1 unspecified atom stereocenters. The smallest absolute Gasteiger partial charge is 0.319 e. The minimum absolute atomic E-state index is 0.203. The first-order chi connectivity index (χ1) is 11.6. The fourth-order valence-electron chi connectivity index (χ4n) is 2.29. The maximum Gasteiger partial charge on any atom is 0.319 e. The van der Waals surface area contributed by atoms with Crippen molar-refractivity contribution in [3.8, 4) is 0 Å². The number of carbonyl (C=O) groups is 2. The van der Waals surface area contributed by atoms with Gasteiger partial charge in [0.25, 0.3) is 0 Å². The summed E-state index contributed by atoms with van der Waals surface area (Å²) in [5.74, 6) is -0.241. The van der Waals surface area contributed by atoms with Gasteiger partial charge in [0.1, 0.15) is 6.04 Å². The van der Waals surface area contributed by atoms with Crippen LogP contribution in [-0.2, 0) is 4.79 Å². The Labute approximate surface area is 147 Å². The fourth-order valence-corrected chi connectivity index (χ4v) is 2.29. The third kappa shape index (κ3) is 4.91. The highest BCUT2D eigenvalue weighted by Crippen LogP contribution is 2.18. The predicted molar refractivity (Wildman–Crippen MR) is 97.4 cm³/mol. The summed E-state index contributed by atoms with van der Waals surface area (Å²) in [5, 5.41) is 13.3. The van der Waals surface area contributed by atoms with Gasteiger partial charge in [-0.25, -0.2) is 14.5 Å². The molecule has 0 aliphatic carbocycles. The molecule has 3 amide bonds. The Morgan fingerprint density at radius 3 is 2.44 bits per heavy atom. The monoisotopic (exact) mass is 346 g/mol. The summed E-state index contributed by atoms with van der Waals surface area (Å²) in [4.78, 5) is 28.5. The largest absolute Gasteiger partial charge is 0.350 e. The second-order valence-corrected chi connectivity index (χ2v) is 7.38. The van der Waals surface area contributed by atoms with Crippen molar-refractivity contribution in [1.82, 2.24) is 25.4 Å². The van der Waals surface area contributed by atoms with Crippen molar-refractivity contribution in [2.75, 3.05) is 5.32 Å². The van der Waals surface area contributed by atoms with Crippen LogP contribution in [0, 0.1) is 0 Å². The maximum atomic E-state index is 12.1. The maximum absolute atomic E-state index is 12.1. The molecule has 0 aliphatic rings. The Morgan fingerprint density at radius 2 is 1.84 bits per heavy atom. The van der Waals surface area contributed by atoms with E-state index in [2.05, 4.69) is 26.0 Å². The summed E-state index contributed by atoms with van der Waals surface area (Å²) < 4.78 is 1.82. The Hall–Kier alpha value is -2.64. The molecule has 0 aromatic carbocycles. The zero-order valence-electron chi connectivity index (χ0n) is 15.5. The lowest BCUT2D eigenvalue weighted by Crippen LogP contribution is -2.51. The van der Waals surface area contributed by atoms with Crippen LogP contribution in [0.3, 0.4) is 0 Å². The molecule has 8 heteroatoms. The van der Waals surface area contributed by atoms with Crippen molar-refractivity contribution >= 4 is 28.7 Å². The number of hydrogen-bond donors (Lipinski definition) is 3. The molecule has 1 atom stereocenters. The van der Waals surface area contributed by atoms with Gasteiger partial charge in [0.15, 0.2) is 5.65 Å². The van der Waals surface area contributed by atoms with Crippen molar-refractivity contribution in [2.24, 2.45) is 0 Å². The molecule has 0 bridgehead atoms. The number of nitrogens with zero attached hydrogens (tertiary/aromatic N) is 3. The van der Waals surface area contributed by atoms with E-state index >= 15 is 0 Å². The van der Waals surface area contributed by atoms with E-state index in [9.17, 15) is 9.59 Å². The standard InChI is InChI=1S/C17H26N6O2/c1-10(2)23-14-12(8-19-23)7-13(9-18-14)21-16(25)20-11(3)15(24)22-17(4,5)6/h7-11H,1-6H3,(H,22,24)(H2,20,21,25). The third-order valence-electron chi connectivity index (χ3n) is 3.42. The number of urea groups is 1. The van der Waals surface area contributed by atoms with E-state index in [0.29, 0.717) is 5.69 Å². The van der Waals surface area contributed by atoms with Gasteiger partial charge in [-0.3, -0.25) is 4.79 Å². The van der Waals surface area contributed by atoms with Gasteiger partial charge >= 0.3 is 6.03 Å². The normalized spacial score (nSPS) is 12.9. The van der Waals surface area contributed by atoms with Gasteiger partial charge in [-0.15, -0.1) is 0 Å². The first kappa shape index (κ1) is 18.7. The molecular formula is C17H26N6O2. The van der Waals surface area contributed by atoms with Crippen LogP contribution in [0.1, 0.15) is 47.6 Å². The van der Waals surface area contributed by atoms with Crippen LogP contribution < -0.4 is 16.0 Å². The van der Waals surface area contributed by atoms with Crippen LogP contribution in [0.4, 0.5) is 10.5 Å². The molecule has 2 rings (SSSR count). The molecule has 0 saturated heterocycles. The van der Waals surface area contributed by atoms with Gasteiger partial charge in [0.2, 0.25) is 5.91 Å². The van der Waals surface area contributed by atoms with Crippen LogP contribution >= 0.6 is 0 Å². The van der Waals surface area contributed by atoms with Crippen LogP contribution in [0.5, 0.6) is 0 Å². The highest BCUT2D eigenvalue weighted by molar-refractivity contribution is 5.94. The third-order valence-corrected chi connectivity index (χ3v) is 3.42. The summed E-state index contributed by atoms with van der Waals surface area (Å²) in [5.41, 5.74) is 0.949. The summed E-state index contributed by atoms with van der Waals surface area (Å²) in [6, 6.07) is 0.885. The van der Waals surface area contributed by atoms with Gasteiger partial charge in [0, 0.05) is 17.0 Å². The highest BCUT2D eigenvalue weighted by Gasteiger charge is 2.20. The number of aromatic nitrogens is 3. The lowest BCUT2D eigenvalue weighted by Gasteiger charge is -2.23. The molecule has 25 heavy (non-hydrogen) atoms. The Morgan fingerprint density at radius 1 is 1.16 bits per heavy atom. The molecule has 136 valence electrons. The number of amides is 3. The number of fused-ring (bicyclic) bond motifs is 1. The minimum Gasteiger partial charge on any atom is -0.350 e. The summed E-state index contributed by atoms with van der Waals surface area (Å²) in [7, 11) is 0. The van der Waals surface area contributed by atoms with E-state index in [1.165, 1.54) is 0 Å². The van der Waals surface area contributed by atoms with E-state index in [4.69, 9.17) is 0 Å². The lowest BCUT2D eigenvalue weighted by molar-refractivity contribution is -0.123. The molecule has 0 aliphatic heterocycles. The molecule has 0 radical (unpaired) electrons. The summed E-state index contributed by atoms with van der Waals surface area (Å²) in [6.07, 6.45) is 3.28. The van der Waals surface area contributed by atoms with E-state index in [-0.39, 0.29) is 17.5 Å². The van der Waals surface area contributed by atoms with Crippen molar-refractivity contribution < 1.29 is 9.59 Å². The second-order valence-electron chi connectivity index (χ2n) is 7.38. The van der Waals surface area contributed by atoms with Crippen molar-refractivity contribution in [2.45, 2.75) is 59.2 Å². The average Bonchev–Trinajstić information content (AvgIpc) is 2.88. The molecule has 0 saturated carbocycles. The van der Waals surface area contributed by atoms with E-state index in [1.807, 2.05) is 39.3 Å². The molecule has 2 heterocycles. The van der Waals surface area contributed by atoms with Crippen LogP contribution in [0.2, 0.25) is 0 Å². The Bertz CT molecular complexity index is 775. The van der Waals surface area contributed by atoms with Gasteiger partial charge in [0.05, 0.1) is 18.1 Å². The first-order valence-electron chi connectivity index (χ1n) is 8.29. The van der Waals surface area contributed by atoms with Crippen molar-refractivity contribution in [3.63, 3.8) is 0 Å². The summed E-state index contributed by atoms with van der Waals surface area (Å²) in [6.45, 7) is 11.3. The molecule has 3 N–H and O–H groups in total. The number of nitrogens with one attached hydrogen (secondary N) is 3. The molecule has 0 fully saturated rings. The molecular weight excluding hydrogens is 320 g/mol. The van der Waals surface area contributed by atoms with E-state index in [0.717, 1.165) is 11.0 Å². The predicted octanol–water partition coefficient (Wildman–Crippen LogP) is 2.44. The number of rotatable bonds is 4. The number of anilines is 1. The van der Waals surface area contributed by atoms with Crippen LogP contribution in [0.15, 0.2) is 18.5 Å². The SMILES string of the molecule is CC(NC(=O)Nc1cnc2c(cnn2C(C)C)c1)C(=O)NC(C)(C)C. The second kappa shape index (κ2) is 7.08. The topological polar surface area (TPSA) is 101 Å². The van der Waals surface area contributed by atoms with Crippen LogP contribution in [0.25, 0.3) is 11.0 Å². The number of hydrogen-bond acceptors (Lipinski definition) is 4. The number of pyridine rings is 1. The van der Waals surface area contributed by atoms with E-state index in [1.54, 1.807) is 25.4 Å². The zero-order chi connectivity index (χ0) is 18.8. The molecule has 0 spiro atoms. The average molecular weight is 346 g/mol. The Balaban J connectivity index is 2.01. The van der Waals surface area contributed by atoms with Gasteiger partial charge in [-0.1, -0.05) is 0 Å². The van der Waals surface area contributed by atoms with Crippen molar-refractivity contribution in [1.29, 1.82) is 0 Å². The molecule has 2 aromatic heterocycles. The van der Waals surface area contributed by atoms with Gasteiger partial charge in [-0.05, 0) is 47.6 Å². The quantitative estimate of drug-likeness (QED) is 0.791.